The van der Waals surface area contributed by atoms with Crippen LogP contribution < -0.4 is 11.1 Å². The lowest BCUT2D eigenvalue weighted by Gasteiger charge is -2.19. The van der Waals surface area contributed by atoms with Crippen molar-refractivity contribution in [2.24, 2.45) is 5.92 Å². The van der Waals surface area contributed by atoms with Crippen molar-refractivity contribution < 1.29 is 9.53 Å². The SMILES string of the molecule is COC(=O)C(CC(C)C)Nc1nc(N)cn2ccnc12. The average Bonchev–Trinajstić information content (AvgIpc) is 2.84. The third kappa shape index (κ3) is 2.98. The molecule has 0 aromatic carbocycles. The van der Waals surface area contributed by atoms with E-state index in [1.807, 2.05) is 13.8 Å². The topological polar surface area (TPSA) is 94.5 Å². The number of nitrogen functional groups attached to an aromatic ring is 1. The molecule has 3 N–H and O–H groups in total. The van der Waals surface area contributed by atoms with E-state index >= 15 is 0 Å². The molecule has 0 saturated carbocycles. The number of fused-ring (bicyclic) bond motifs is 1. The van der Waals surface area contributed by atoms with Crippen LogP contribution in [0.15, 0.2) is 18.6 Å². The molecule has 0 radical (unpaired) electrons. The third-order valence-corrected chi connectivity index (χ3v) is 2.90. The monoisotopic (exact) mass is 277 g/mol. The molecular formula is C13H19N5O2. The summed E-state index contributed by atoms with van der Waals surface area (Å²) in [6, 6.07) is -0.477. The molecule has 7 nitrogen and oxygen atoms in total. The fraction of sp³-hybridized carbons (Fsp3) is 0.462. The van der Waals surface area contributed by atoms with Gasteiger partial charge in [-0.1, -0.05) is 13.8 Å². The second kappa shape index (κ2) is 5.77. The zero-order chi connectivity index (χ0) is 14.7. The normalized spacial score (nSPS) is 12.6. The number of esters is 1. The van der Waals surface area contributed by atoms with E-state index in [0.29, 0.717) is 29.6 Å². The maximum absolute atomic E-state index is 11.8. The lowest BCUT2D eigenvalue weighted by atomic mass is 10.0. The number of methoxy groups -OCH3 is 1. The summed E-state index contributed by atoms with van der Waals surface area (Å²) in [4.78, 5) is 20.3. The second-order valence-corrected chi connectivity index (χ2v) is 5.02. The summed E-state index contributed by atoms with van der Waals surface area (Å²) in [5, 5.41) is 3.08. The Bertz CT molecular complexity index is 608. The Balaban J connectivity index is 2.32. The van der Waals surface area contributed by atoms with Crippen LogP contribution in [0.2, 0.25) is 0 Å². The van der Waals surface area contributed by atoms with Crippen LogP contribution in [0.4, 0.5) is 11.6 Å². The summed E-state index contributed by atoms with van der Waals surface area (Å²) in [6.07, 6.45) is 5.73. The van der Waals surface area contributed by atoms with Crippen molar-refractivity contribution in [2.75, 3.05) is 18.2 Å². The largest absolute Gasteiger partial charge is 0.467 e. The molecule has 0 spiro atoms. The number of anilines is 2. The molecule has 1 unspecified atom stereocenters. The van der Waals surface area contributed by atoms with E-state index in [9.17, 15) is 4.79 Å². The molecule has 0 fully saturated rings. The maximum Gasteiger partial charge on any atom is 0.328 e. The standard InChI is InChI=1S/C13H19N5O2/c1-8(2)6-9(13(19)20-3)16-11-12-15-4-5-18(12)7-10(14)17-11/h4-5,7-9H,6,14H2,1-3H3,(H,16,17). The first-order valence-electron chi connectivity index (χ1n) is 6.44. The van der Waals surface area contributed by atoms with Gasteiger partial charge in [0.15, 0.2) is 11.5 Å². The van der Waals surface area contributed by atoms with Gasteiger partial charge in [0.25, 0.3) is 0 Å². The molecule has 2 heterocycles. The molecule has 2 aromatic rings. The Kier molecular flexibility index (Phi) is 4.07. The Hall–Kier alpha value is -2.31. The summed E-state index contributed by atoms with van der Waals surface area (Å²) in [6.45, 7) is 4.07. The van der Waals surface area contributed by atoms with Crippen molar-refractivity contribution in [3.8, 4) is 0 Å². The van der Waals surface area contributed by atoms with Crippen molar-refractivity contribution in [3.05, 3.63) is 18.6 Å². The smallest absolute Gasteiger partial charge is 0.328 e. The quantitative estimate of drug-likeness (QED) is 0.800. The van der Waals surface area contributed by atoms with Crippen molar-refractivity contribution in [1.29, 1.82) is 0 Å². The number of ether oxygens (including phenoxy) is 1. The van der Waals surface area contributed by atoms with Crippen molar-refractivity contribution in [3.63, 3.8) is 0 Å². The van der Waals surface area contributed by atoms with Crippen LogP contribution in [-0.4, -0.2) is 33.5 Å². The molecule has 7 heteroatoms. The number of rotatable bonds is 5. The molecule has 0 bridgehead atoms. The molecule has 1 atom stereocenters. The van der Waals surface area contributed by atoms with Crippen LogP contribution in [0.5, 0.6) is 0 Å². The zero-order valence-electron chi connectivity index (χ0n) is 11.8. The van der Waals surface area contributed by atoms with Crippen LogP contribution >= 0.6 is 0 Å². The Morgan fingerprint density at radius 1 is 1.55 bits per heavy atom. The van der Waals surface area contributed by atoms with E-state index in [1.165, 1.54) is 7.11 Å². The molecule has 108 valence electrons. The summed E-state index contributed by atoms with van der Waals surface area (Å²) in [7, 11) is 1.37. The number of nitrogens with two attached hydrogens (primary N) is 1. The van der Waals surface area contributed by atoms with E-state index in [1.54, 1.807) is 23.0 Å². The number of imidazole rings is 1. The molecule has 2 rings (SSSR count). The van der Waals surface area contributed by atoms with Crippen molar-refractivity contribution in [1.82, 2.24) is 14.4 Å². The maximum atomic E-state index is 11.8. The fourth-order valence-electron chi connectivity index (χ4n) is 2.04. The van der Waals surface area contributed by atoms with Gasteiger partial charge in [-0.2, -0.15) is 0 Å². The number of nitrogens with one attached hydrogen (secondary N) is 1. The molecule has 0 amide bonds. The second-order valence-electron chi connectivity index (χ2n) is 5.02. The Labute approximate surface area is 117 Å². The van der Waals surface area contributed by atoms with Gasteiger partial charge in [0, 0.05) is 12.4 Å². The number of nitrogens with zero attached hydrogens (tertiary/aromatic N) is 3. The molecule has 0 aliphatic rings. The number of carbonyl (C=O) groups excluding carboxylic acids is 1. The van der Waals surface area contributed by atoms with Gasteiger partial charge in [-0.15, -0.1) is 0 Å². The lowest BCUT2D eigenvalue weighted by molar-refractivity contribution is -0.141. The first kappa shape index (κ1) is 14.1. The first-order valence-corrected chi connectivity index (χ1v) is 6.44. The minimum absolute atomic E-state index is 0.326. The van der Waals surface area contributed by atoms with Crippen LogP contribution in [0.1, 0.15) is 20.3 Å². The summed E-state index contributed by atoms with van der Waals surface area (Å²) >= 11 is 0. The van der Waals surface area contributed by atoms with Crippen LogP contribution in [-0.2, 0) is 9.53 Å². The van der Waals surface area contributed by atoms with Crippen LogP contribution in [0.25, 0.3) is 5.65 Å². The van der Waals surface area contributed by atoms with Crippen LogP contribution in [0, 0.1) is 5.92 Å². The number of carbonyl (C=O) groups is 1. The molecule has 20 heavy (non-hydrogen) atoms. The van der Waals surface area contributed by atoms with Crippen LogP contribution in [0.3, 0.4) is 0 Å². The summed E-state index contributed by atoms with van der Waals surface area (Å²) in [5.74, 6) is 0.841. The molecule has 0 aliphatic heterocycles. The molecular weight excluding hydrogens is 258 g/mol. The highest BCUT2D eigenvalue weighted by Gasteiger charge is 2.22. The number of hydrogen-bond donors (Lipinski definition) is 2. The molecule has 0 saturated heterocycles. The highest BCUT2D eigenvalue weighted by molar-refractivity contribution is 5.80. The molecule has 0 aliphatic carbocycles. The van der Waals surface area contributed by atoms with Gasteiger partial charge in [0.05, 0.1) is 13.3 Å². The third-order valence-electron chi connectivity index (χ3n) is 2.90. The minimum atomic E-state index is -0.477. The van der Waals surface area contributed by atoms with Crippen molar-refractivity contribution >= 4 is 23.3 Å². The summed E-state index contributed by atoms with van der Waals surface area (Å²) in [5.41, 5.74) is 6.38. The highest BCUT2D eigenvalue weighted by atomic mass is 16.5. The van der Waals surface area contributed by atoms with E-state index < -0.39 is 6.04 Å². The van der Waals surface area contributed by atoms with E-state index in [-0.39, 0.29) is 5.97 Å². The predicted molar refractivity (Wildman–Crippen MR) is 76.3 cm³/mol. The Morgan fingerprint density at radius 3 is 2.95 bits per heavy atom. The van der Waals surface area contributed by atoms with Gasteiger partial charge in [0.1, 0.15) is 11.9 Å². The number of hydrogen-bond acceptors (Lipinski definition) is 6. The zero-order valence-corrected chi connectivity index (χ0v) is 11.8. The van der Waals surface area contributed by atoms with Gasteiger partial charge in [0.2, 0.25) is 0 Å². The van der Waals surface area contributed by atoms with E-state index in [4.69, 9.17) is 10.5 Å². The van der Waals surface area contributed by atoms with Gasteiger partial charge in [-0.05, 0) is 12.3 Å². The van der Waals surface area contributed by atoms with Gasteiger partial charge >= 0.3 is 5.97 Å². The van der Waals surface area contributed by atoms with Gasteiger partial charge < -0.3 is 20.2 Å². The van der Waals surface area contributed by atoms with Gasteiger partial charge in [-0.3, -0.25) is 0 Å². The lowest BCUT2D eigenvalue weighted by Crippen LogP contribution is -2.32. The van der Waals surface area contributed by atoms with Gasteiger partial charge in [-0.25, -0.2) is 14.8 Å². The number of aromatic nitrogens is 3. The summed E-state index contributed by atoms with van der Waals surface area (Å²) < 4.78 is 6.58. The highest BCUT2D eigenvalue weighted by Crippen LogP contribution is 2.18. The minimum Gasteiger partial charge on any atom is -0.467 e. The fourth-order valence-corrected chi connectivity index (χ4v) is 2.04. The van der Waals surface area contributed by atoms with Crippen molar-refractivity contribution in [2.45, 2.75) is 26.3 Å². The average molecular weight is 277 g/mol. The van der Waals surface area contributed by atoms with E-state index in [0.717, 1.165) is 0 Å². The predicted octanol–water partition coefficient (Wildman–Crippen LogP) is 1.31. The first-order chi connectivity index (χ1) is 9.51. The Morgan fingerprint density at radius 2 is 2.30 bits per heavy atom. The van der Waals surface area contributed by atoms with E-state index in [2.05, 4.69) is 15.3 Å². The molecule has 2 aromatic heterocycles.